The van der Waals surface area contributed by atoms with E-state index in [4.69, 9.17) is 9.47 Å². The van der Waals surface area contributed by atoms with Crippen LogP contribution in [0.15, 0.2) is 30.3 Å². The van der Waals surface area contributed by atoms with E-state index in [0.717, 1.165) is 11.8 Å². The number of nitrogens with one attached hydrogen (secondary N) is 1. The number of sulfonamides is 1. The molecule has 0 spiro atoms. The van der Waals surface area contributed by atoms with Crippen LogP contribution in [0.1, 0.15) is 5.56 Å². The van der Waals surface area contributed by atoms with E-state index in [0.29, 0.717) is 0 Å². The molecule has 2 amide bonds. The van der Waals surface area contributed by atoms with Crippen molar-refractivity contribution in [2.75, 3.05) is 26.0 Å². The Balaban J connectivity index is 1.87. The van der Waals surface area contributed by atoms with Crippen LogP contribution >= 0.6 is 0 Å². The summed E-state index contributed by atoms with van der Waals surface area (Å²) in [6.45, 7) is 0.463. The number of amides is 2. The van der Waals surface area contributed by atoms with Crippen LogP contribution in [0.3, 0.4) is 0 Å². The van der Waals surface area contributed by atoms with Gasteiger partial charge in [-0.25, -0.2) is 13.2 Å². The third-order valence-electron chi connectivity index (χ3n) is 3.11. The molecule has 1 aromatic rings. The molecule has 1 N–H and O–H groups in total. The molecule has 9 heteroatoms. The summed E-state index contributed by atoms with van der Waals surface area (Å²) >= 11 is 0. The minimum Gasteiger partial charge on any atom is -0.445 e. The maximum absolute atomic E-state index is 12.0. The standard InChI is InChI=1S/C14H18N2O6S/c1-23(19,20)15-13(17)12-9-16(7-8-21-12)14(18)22-10-11-5-3-2-4-6-11/h2-6,12H,7-10H2,1H3,(H,15,17). The summed E-state index contributed by atoms with van der Waals surface area (Å²) in [5, 5.41) is 0. The van der Waals surface area contributed by atoms with E-state index < -0.39 is 28.1 Å². The molecule has 1 fully saturated rings. The van der Waals surface area contributed by atoms with E-state index in [-0.39, 0.29) is 26.3 Å². The fourth-order valence-electron chi connectivity index (χ4n) is 2.03. The highest BCUT2D eigenvalue weighted by molar-refractivity contribution is 7.89. The van der Waals surface area contributed by atoms with Crippen LogP contribution in [-0.4, -0.2) is 57.4 Å². The van der Waals surface area contributed by atoms with Crippen molar-refractivity contribution in [3.8, 4) is 0 Å². The largest absolute Gasteiger partial charge is 0.445 e. The predicted octanol–water partition coefficient (Wildman–Crippen LogP) is 0.0998. The van der Waals surface area contributed by atoms with E-state index in [1.807, 2.05) is 35.1 Å². The van der Waals surface area contributed by atoms with Crippen LogP contribution in [-0.2, 0) is 30.9 Å². The number of hydrogen-bond donors (Lipinski definition) is 1. The van der Waals surface area contributed by atoms with Crippen molar-refractivity contribution in [3.63, 3.8) is 0 Å². The van der Waals surface area contributed by atoms with Gasteiger partial charge in [0.2, 0.25) is 10.0 Å². The lowest BCUT2D eigenvalue weighted by molar-refractivity contribution is -0.135. The molecule has 2 rings (SSSR count). The molecule has 0 aromatic heterocycles. The molecule has 1 atom stereocenters. The first-order valence-corrected chi connectivity index (χ1v) is 8.83. The topological polar surface area (TPSA) is 102 Å². The molecule has 1 aliphatic rings. The Morgan fingerprint density at radius 2 is 2.04 bits per heavy atom. The molecule has 0 bridgehead atoms. The van der Waals surface area contributed by atoms with Gasteiger partial charge in [0.15, 0.2) is 6.10 Å². The fraction of sp³-hybridized carbons (Fsp3) is 0.429. The third kappa shape index (κ3) is 5.53. The molecule has 23 heavy (non-hydrogen) atoms. The average Bonchev–Trinajstić information content (AvgIpc) is 2.52. The molecule has 1 unspecified atom stereocenters. The van der Waals surface area contributed by atoms with Gasteiger partial charge in [0, 0.05) is 6.54 Å². The Morgan fingerprint density at radius 1 is 1.35 bits per heavy atom. The molecule has 1 heterocycles. The summed E-state index contributed by atoms with van der Waals surface area (Å²) in [7, 11) is -3.67. The Morgan fingerprint density at radius 3 is 2.70 bits per heavy atom. The van der Waals surface area contributed by atoms with Gasteiger partial charge in [-0.3, -0.25) is 9.52 Å². The van der Waals surface area contributed by atoms with Crippen molar-refractivity contribution in [1.29, 1.82) is 0 Å². The van der Waals surface area contributed by atoms with Gasteiger partial charge >= 0.3 is 6.09 Å². The summed E-state index contributed by atoms with van der Waals surface area (Å²) in [5.41, 5.74) is 0.848. The summed E-state index contributed by atoms with van der Waals surface area (Å²) in [4.78, 5) is 25.1. The fourth-order valence-corrected chi connectivity index (χ4v) is 2.53. The molecular formula is C14H18N2O6S. The van der Waals surface area contributed by atoms with Gasteiger partial charge in [-0.1, -0.05) is 30.3 Å². The molecule has 0 aliphatic carbocycles. The van der Waals surface area contributed by atoms with Crippen LogP contribution in [0.2, 0.25) is 0 Å². The highest BCUT2D eigenvalue weighted by Gasteiger charge is 2.31. The van der Waals surface area contributed by atoms with E-state index >= 15 is 0 Å². The van der Waals surface area contributed by atoms with Gasteiger partial charge in [0.25, 0.3) is 5.91 Å². The lowest BCUT2D eigenvalue weighted by Crippen LogP contribution is -2.52. The van der Waals surface area contributed by atoms with Crippen molar-refractivity contribution < 1.29 is 27.5 Å². The second-order valence-corrected chi connectivity index (χ2v) is 6.83. The number of carbonyl (C=O) groups excluding carboxylic acids is 2. The van der Waals surface area contributed by atoms with Crippen molar-refractivity contribution in [1.82, 2.24) is 9.62 Å². The Labute approximate surface area is 134 Å². The number of benzene rings is 1. The quantitative estimate of drug-likeness (QED) is 0.833. The summed E-state index contributed by atoms with van der Waals surface area (Å²) in [5.74, 6) is -0.798. The summed E-state index contributed by atoms with van der Waals surface area (Å²) in [6.07, 6.45) is -0.739. The van der Waals surface area contributed by atoms with Gasteiger partial charge in [0.1, 0.15) is 6.61 Å². The lowest BCUT2D eigenvalue weighted by Gasteiger charge is -2.31. The van der Waals surface area contributed by atoms with Crippen molar-refractivity contribution in [2.45, 2.75) is 12.7 Å². The monoisotopic (exact) mass is 342 g/mol. The number of rotatable bonds is 4. The van der Waals surface area contributed by atoms with Crippen LogP contribution < -0.4 is 4.72 Å². The Hall–Kier alpha value is -2.13. The van der Waals surface area contributed by atoms with Gasteiger partial charge in [-0.15, -0.1) is 0 Å². The number of ether oxygens (including phenoxy) is 2. The molecule has 0 saturated carbocycles. The minimum absolute atomic E-state index is 0.0605. The Kier molecular flexibility index (Phi) is 5.56. The van der Waals surface area contributed by atoms with Crippen LogP contribution in [0.4, 0.5) is 4.79 Å². The third-order valence-corrected chi connectivity index (χ3v) is 3.68. The smallest absolute Gasteiger partial charge is 0.410 e. The van der Waals surface area contributed by atoms with E-state index in [9.17, 15) is 18.0 Å². The molecule has 1 aliphatic heterocycles. The van der Waals surface area contributed by atoms with Gasteiger partial charge in [-0.2, -0.15) is 0 Å². The molecule has 126 valence electrons. The molecule has 0 radical (unpaired) electrons. The number of morpholine rings is 1. The highest BCUT2D eigenvalue weighted by atomic mass is 32.2. The number of nitrogens with zero attached hydrogens (tertiary/aromatic N) is 1. The normalized spacial score (nSPS) is 18.3. The minimum atomic E-state index is -3.67. The van der Waals surface area contributed by atoms with Crippen molar-refractivity contribution in [3.05, 3.63) is 35.9 Å². The first kappa shape index (κ1) is 17.2. The average molecular weight is 342 g/mol. The summed E-state index contributed by atoms with van der Waals surface area (Å²) in [6, 6.07) is 9.19. The van der Waals surface area contributed by atoms with Gasteiger partial charge in [0.05, 0.1) is 19.4 Å². The number of hydrogen-bond acceptors (Lipinski definition) is 6. The first-order chi connectivity index (χ1) is 10.8. The van der Waals surface area contributed by atoms with Crippen LogP contribution in [0.25, 0.3) is 0 Å². The summed E-state index contributed by atoms with van der Waals surface area (Å²) < 4.78 is 34.3. The van der Waals surface area contributed by atoms with Crippen molar-refractivity contribution >= 4 is 22.0 Å². The van der Waals surface area contributed by atoms with Crippen LogP contribution in [0, 0.1) is 0 Å². The maximum Gasteiger partial charge on any atom is 0.410 e. The van der Waals surface area contributed by atoms with E-state index in [1.54, 1.807) is 0 Å². The zero-order chi connectivity index (χ0) is 16.9. The maximum atomic E-state index is 12.0. The first-order valence-electron chi connectivity index (χ1n) is 6.94. The highest BCUT2D eigenvalue weighted by Crippen LogP contribution is 2.09. The predicted molar refractivity (Wildman–Crippen MR) is 80.9 cm³/mol. The Bertz CT molecular complexity index is 661. The van der Waals surface area contributed by atoms with Crippen molar-refractivity contribution in [2.24, 2.45) is 0 Å². The van der Waals surface area contributed by atoms with Gasteiger partial charge < -0.3 is 14.4 Å². The zero-order valence-electron chi connectivity index (χ0n) is 12.6. The van der Waals surface area contributed by atoms with E-state index in [1.165, 1.54) is 4.90 Å². The SMILES string of the molecule is CS(=O)(=O)NC(=O)C1CN(C(=O)OCc2ccccc2)CCO1. The second kappa shape index (κ2) is 7.42. The molecule has 8 nitrogen and oxygen atoms in total. The zero-order valence-corrected chi connectivity index (χ0v) is 13.4. The number of carbonyl (C=O) groups is 2. The van der Waals surface area contributed by atoms with E-state index in [2.05, 4.69) is 0 Å². The molecule has 1 saturated heterocycles. The molecular weight excluding hydrogens is 324 g/mol. The second-order valence-electron chi connectivity index (χ2n) is 5.08. The lowest BCUT2D eigenvalue weighted by atomic mass is 10.2. The molecule has 1 aromatic carbocycles. The van der Waals surface area contributed by atoms with Gasteiger partial charge in [-0.05, 0) is 5.56 Å². The van der Waals surface area contributed by atoms with Crippen LogP contribution in [0.5, 0.6) is 0 Å².